The summed E-state index contributed by atoms with van der Waals surface area (Å²) >= 11 is 0. The molecule has 1 aliphatic rings. The van der Waals surface area contributed by atoms with Crippen LogP contribution in [0.5, 0.6) is 5.75 Å². The van der Waals surface area contributed by atoms with Crippen molar-refractivity contribution < 1.29 is 13.9 Å². The summed E-state index contributed by atoms with van der Waals surface area (Å²) in [5, 5.41) is 2.88. The van der Waals surface area contributed by atoms with Crippen molar-refractivity contribution in [3.8, 4) is 5.75 Å². The lowest BCUT2D eigenvalue weighted by Crippen LogP contribution is -2.47. The number of nitrogens with one attached hydrogen (secondary N) is 1. The Hall–Kier alpha value is -2.86. The van der Waals surface area contributed by atoms with Crippen molar-refractivity contribution >= 4 is 17.7 Å². The Morgan fingerprint density at radius 2 is 1.90 bits per heavy atom. The number of para-hydroxylation sites is 1. The third-order valence-corrected chi connectivity index (χ3v) is 5.05. The van der Waals surface area contributed by atoms with E-state index >= 15 is 0 Å². The van der Waals surface area contributed by atoms with Crippen LogP contribution >= 0.6 is 0 Å². The van der Waals surface area contributed by atoms with Gasteiger partial charge in [0.2, 0.25) is 5.91 Å². The summed E-state index contributed by atoms with van der Waals surface area (Å²) < 4.78 is 18.5. The number of ether oxygens (including phenoxy) is 1. The van der Waals surface area contributed by atoms with Gasteiger partial charge in [-0.15, -0.1) is 0 Å². The van der Waals surface area contributed by atoms with Crippen LogP contribution in [0.3, 0.4) is 0 Å². The maximum Gasteiger partial charge on any atom is 0.243 e. The number of amides is 1. The van der Waals surface area contributed by atoms with Crippen LogP contribution in [0.15, 0.2) is 54.6 Å². The number of hydrogen-bond donors (Lipinski definition) is 1. The number of carbonyl (C=O) groups excluding carboxylic acids is 1. The van der Waals surface area contributed by atoms with Crippen LogP contribution < -0.4 is 15.0 Å². The molecule has 2 aromatic rings. The molecule has 2 aromatic carbocycles. The predicted molar refractivity (Wildman–Crippen MR) is 115 cm³/mol. The van der Waals surface area contributed by atoms with Crippen molar-refractivity contribution in [2.75, 3.05) is 51.3 Å². The largest absolute Gasteiger partial charge is 0.494 e. The number of benzene rings is 2. The monoisotopic (exact) mass is 397 g/mol. The molecule has 0 spiro atoms. The van der Waals surface area contributed by atoms with Gasteiger partial charge in [0.1, 0.15) is 0 Å². The van der Waals surface area contributed by atoms with Gasteiger partial charge >= 0.3 is 0 Å². The lowest BCUT2D eigenvalue weighted by Gasteiger charge is -2.36. The van der Waals surface area contributed by atoms with Crippen molar-refractivity contribution in [3.05, 3.63) is 66.0 Å². The standard InChI is InChI=1S/C23H28FN3O2/c1-29-22-10-8-19(18-21(22)24)9-11-23(28)25-12-5-13-26-14-16-27(17-15-26)20-6-3-2-4-7-20/h2-4,6-11,18H,5,12-17H2,1H3,(H,25,28)/b11-9+. The van der Waals surface area contributed by atoms with E-state index in [1.807, 2.05) is 6.07 Å². The SMILES string of the molecule is COc1ccc(/C=C/C(=O)NCCCN2CCN(c3ccccc3)CC2)cc1F. The second-order valence-electron chi connectivity index (χ2n) is 7.04. The Balaban J connectivity index is 1.32. The molecule has 1 saturated heterocycles. The molecule has 1 N–H and O–H groups in total. The number of piperazine rings is 1. The first-order chi connectivity index (χ1) is 14.2. The molecule has 0 bridgehead atoms. The maximum absolute atomic E-state index is 13.7. The number of halogens is 1. The average molecular weight is 397 g/mol. The first-order valence-electron chi connectivity index (χ1n) is 9.97. The predicted octanol–water partition coefficient (Wildman–Crippen LogP) is 3.18. The zero-order valence-electron chi connectivity index (χ0n) is 16.8. The summed E-state index contributed by atoms with van der Waals surface area (Å²) in [6.07, 6.45) is 3.93. The average Bonchev–Trinajstić information content (AvgIpc) is 2.76. The van der Waals surface area contributed by atoms with Gasteiger partial charge < -0.3 is 15.0 Å². The fraction of sp³-hybridized carbons (Fsp3) is 0.348. The highest BCUT2D eigenvalue weighted by Gasteiger charge is 2.16. The second-order valence-corrected chi connectivity index (χ2v) is 7.04. The van der Waals surface area contributed by atoms with Crippen LogP contribution in [0, 0.1) is 5.82 Å². The van der Waals surface area contributed by atoms with Gasteiger partial charge in [-0.1, -0.05) is 24.3 Å². The topological polar surface area (TPSA) is 44.8 Å². The summed E-state index contributed by atoms with van der Waals surface area (Å²) in [5.41, 5.74) is 1.90. The van der Waals surface area contributed by atoms with Crippen molar-refractivity contribution in [2.24, 2.45) is 0 Å². The first-order valence-corrected chi connectivity index (χ1v) is 9.97. The maximum atomic E-state index is 13.7. The van der Waals surface area contributed by atoms with Gasteiger partial charge in [-0.2, -0.15) is 0 Å². The molecule has 0 saturated carbocycles. The van der Waals surface area contributed by atoms with Gasteiger partial charge in [0.15, 0.2) is 11.6 Å². The minimum Gasteiger partial charge on any atom is -0.494 e. The summed E-state index contributed by atoms with van der Waals surface area (Å²) in [7, 11) is 1.42. The molecule has 0 aromatic heterocycles. The third kappa shape index (κ3) is 6.32. The molecule has 1 amide bonds. The number of anilines is 1. The molecule has 154 valence electrons. The lowest BCUT2D eigenvalue weighted by atomic mass is 10.2. The zero-order valence-corrected chi connectivity index (χ0v) is 16.8. The van der Waals surface area contributed by atoms with Crippen molar-refractivity contribution in [1.82, 2.24) is 10.2 Å². The van der Waals surface area contributed by atoms with E-state index in [1.54, 1.807) is 18.2 Å². The molecule has 1 heterocycles. The van der Waals surface area contributed by atoms with Gasteiger partial charge in [0.25, 0.3) is 0 Å². The summed E-state index contributed by atoms with van der Waals surface area (Å²) in [6.45, 7) is 5.71. The smallest absolute Gasteiger partial charge is 0.243 e. The van der Waals surface area contributed by atoms with E-state index in [-0.39, 0.29) is 11.7 Å². The highest BCUT2D eigenvalue weighted by Crippen LogP contribution is 2.18. The Morgan fingerprint density at radius 3 is 2.59 bits per heavy atom. The Morgan fingerprint density at radius 1 is 1.14 bits per heavy atom. The van der Waals surface area contributed by atoms with Crippen LogP contribution in [-0.4, -0.2) is 57.2 Å². The Bertz CT molecular complexity index is 818. The number of nitrogens with zero attached hydrogens (tertiary/aromatic N) is 2. The van der Waals surface area contributed by atoms with Crippen LogP contribution in [-0.2, 0) is 4.79 Å². The molecule has 0 atom stereocenters. The van der Waals surface area contributed by atoms with Gasteiger partial charge in [0.05, 0.1) is 7.11 Å². The van der Waals surface area contributed by atoms with E-state index in [4.69, 9.17) is 4.74 Å². The number of methoxy groups -OCH3 is 1. The molecule has 0 aliphatic carbocycles. The fourth-order valence-corrected chi connectivity index (χ4v) is 3.40. The lowest BCUT2D eigenvalue weighted by molar-refractivity contribution is -0.116. The summed E-state index contributed by atoms with van der Waals surface area (Å²) in [4.78, 5) is 16.8. The van der Waals surface area contributed by atoms with Crippen molar-refractivity contribution in [2.45, 2.75) is 6.42 Å². The van der Waals surface area contributed by atoms with E-state index in [1.165, 1.54) is 24.9 Å². The zero-order chi connectivity index (χ0) is 20.5. The molecule has 3 rings (SSSR count). The van der Waals surface area contributed by atoms with Crippen LogP contribution in [0.25, 0.3) is 6.08 Å². The van der Waals surface area contributed by atoms with E-state index in [2.05, 4.69) is 39.4 Å². The molecule has 1 aliphatic heterocycles. The van der Waals surface area contributed by atoms with Gasteiger partial charge in [0, 0.05) is 44.5 Å². The molecule has 0 radical (unpaired) electrons. The minimum atomic E-state index is -0.442. The van der Waals surface area contributed by atoms with Crippen molar-refractivity contribution in [3.63, 3.8) is 0 Å². The van der Waals surface area contributed by atoms with E-state index in [9.17, 15) is 9.18 Å². The highest BCUT2D eigenvalue weighted by atomic mass is 19.1. The van der Waals surface area contributed by atoms with Crippen molar-refractivity contribution in [1.29, 1.82) is 0 Å². The minimum absolute atomic E-state index is 0.171. The van der Waals surface area contributed by atoms with E-state index < -0.39 is 5.82 Å². The molecule has 6 heteroatoms. The number of rotatable bonds is 8. The number of carbonyl (C=O) groups is 1. The van der Waals surface area contributed by atoms with Crippen LogP contribution in [0.1, 0.15) is 12.0 Å². The molecule has 0 unspecified atom stereocenters. The highest BCUT2D eigenvalue weighted by molar-refractivity contribution is 5.91. The molecule has 1 fully saturated rings. The fourth-order valence-electron chi connectivity index (χ4n) is 3.40. The molecular weight excluding hydrogens is 369 g/mol. The summed E-state index contributed by atoms with van der Waals surface area (Å²) in [5.74, 6) is -0.422. The van der Waals surface area contributed by atoms with Gasteiger partial charge in [-0.3, -0.25) is 9.69 Å². The van der Waals surface area contributed by atoms with E-state index in [0.29, 0.717) is 12.1 Å². The Kier molecular flexibility index (Phi) is 7.64. The molecule has 5 nitrogen and oxygen atoms in total. The Labute approximate surface area is 171 Å². The van der Waals surface area contributed by atoms with Gasteiger partial charge in [-0.25, -0.2) is 4.39 Å². The quantitative estimate of drug-likeness (QED) is 0.549. The van der Waals surface area contributed by atoms with E-state index in [0.717, 1.165) is 39.1 Å². The first kappa shape index (κ1) is 20.9. The van der Waals surface area contributed by atoms with Crippen LogP contribution in [0.4, 0.5) is 10.1 Å². The number of hydrogen-bond acceptors (Lipinski definition) is 4. The van der Waals surface area contributed by atoms with Gasteiger partial charge in [-0.05, 0) is 48.9 Å². The van der Waals surface area contributed by atoms with Crippen LogP contribution in [0.2, 0.25) is 0 Å². The normalized spacial score (nSPS) is 14.9. The third-order valence-electron chi connectivity index (χ3n) is 5.05. The molecule has 29 heavy (non-hydrogen) atoms. The molecular formula is C23H28FN3O2. The second kappa shape index (κ2) is 10.6. The summed E-state index contributed by atoms with van der Waals surface area (Å²) in [6, 6.07) is 15.1.